The van der Waals surface area contributed by atoms with Crippen molar-refractivity contribution in [2.75, 3.05) is 11.9 Å². The highest BCUT2D eigenvalue weighted by Gasteiger charge is 2.49. The maximum atomic E-state index is 12.5. The van der Waals surface area contributed by atoms with E-state index in [1.54, 1.807) is 19.9 Å². The lowest BCUT2D eigenvalue weighted by molar-refractivity contribution is -0.155. The minimum atomic E-state index is -1.16. The summed E-state index contributed by atoms with van der Waals surface area (Å²) in [6.45, 7) is 4.34. The summed E-state index contributed by atoms with van der Waals surface area (Å²) in [7, 11) is 0. The van der Waals surface area contributed by atoms with Crippen molar-refractivity contribution in [2.24, 2.45) is 0 Å². The number of hydrogen-bond donors (Lipinski definition) is 2. The SMILES string of the molecule is CCC1(CC)NC(=O)N(CC(=O)OC(C)C(=O)Nc2ccc(Cl)cc2Cl)C1=O. The van der Waals surface area contributed by atoms with E-state index in [0.29, 0.717) is 23.6 Å². The normalized spacial score (nSPS) is 16.5. The summed E-state index contributed by atoms with van der Waals surface area (Å²) in [4.78, 5) is 49.7. The van der Waals surface area contributed by atoms with Crippen molar-refractivity contribution in [1.29, 1.82) is 0 Å². The second-order valence-electron chi connectivity index (χ2n) is 6.36. The highest BCUT2D eigenvalue weighted by molar-refractivity contribution is 6.36. The molecular weight excluding hydrogens is 409 g/mol. The van der Waals surface area contributed by atoms with Crippen molar-refractivity contribution in [3.63, 3.8) is 0 Å². The number of hydrogen-bond acceptors (Lipinski definition) is 5. The van der Waals surface area contributed by atoms with E-state index >= 15 is 0 Å². The van der Waals surface area contributed by atoms with Crippen molar-refractivity contribution in [3.05, 3.63) is 28.2 Å². The summed E-state index contributed by atoms with van der Waals surface area (Å²) < 4.78 is 5.05. The first-order chi connectivity index (χ1) is 13.1. The van der Waals surface area contributed by atoms with Crippen LogP contribution in [-0.4, -0.2) is 46.9 Å². The molecule has 0 bridgehead atoms. The Kier molecular flexibility index (Phi) is 6.90. The molecule has 0 aromatic heterocycles. The molecule has 28 heavy (non-hydrogen) atoms. The van der Waals surface area contributed by atoms with E-state index in [1.165, 1.54) is 19.1 Å². The lowest BCUT2D eigenvalue weighted by Crippen LogP contribution is -2.46. The van der Waals surface area contributed by atoms with Crippen LogP contribution in [0.25, 0.3) is 0 Å². The molecule has 0 saturated carbocycles. The molecule has 2 N–H and O–H groups in total. The fourth-order valence-corrected chi connectivity index (χ4v) is 3.25. The van der Waals surface area contributed by atoms with Crippen LogP contribution in [0.4, 0.5) is 10.5 Å². The molecule has 152 valence electrons. The Morgan fingerprint density at radius 2 is 1.89 bits per heavy atom. The van der Waals surface area contributed by atoms with Crippen LogP contribution < -0.4 is 10.6 Å². The van der Waals surface area contributed by atoms with E-state index in [2.05, 4.69) is 10.6 Å². The molecule has 0 spiro atoms. The minimum absolute atomic E-state index is 0.231. The van der Waals surface area contributed by atoms with Gasteiger partial charge in [0.15, 0.2) is 6.10 Å². The van der Waals surface area contributed by atoms with E-state index < -0.39 is 42.0 Å². The van der Waals surface area contributed by atoms with Crippen LogP contribution in [0.3, 0.4) is 0 Å². The molecule has 1 aliphatic heterocycles. The van der Waals surface area contributed by atoms with Gasteiger partial charge in [-0.3, -0.25) is 19.3 Å². The van der Waals surface area contributed by atoms with Gasteiger partial charge in [-0.25, -0.2) is 4.79 Å². The Morgan fingerprint density at radius 3 is 2.43 bits per heavy atom. The molecule has 1 atom stereocenters. The zero-order chi connectivity index (χ0) is 21.1. The number of nitrogens with one attached hydrogen (secondary N) is 2. The number of carbonyl (C=O) groups is 4. The summed E-state index contributed by atoms with van der Waals surface area (Å²) >= 11 is 11.8. The van der Waals surface area contributed by atoms with Crippen LogP contribution in [0.1, 0.15) is 33.6 Å². The topological polar surface area (TPSA) is 105 Å². The second kappa shape index (κ2) is 8.79. The Bertz CT molecular complexity index is 810. The van der Waals surface area contributed by atoms with Crippen molar-refractivity contribution in [1.82, 2.24) is 10.2 Å². The average molecular weight is 430 g/mol. The van der Waals surface area contributed by atoms with Gasteiger partial charge in [0.1, 0.15) is 12.1 Å². The lowest BCUT2D eigenvalue weighted by atomic mass is 9.93. The summed E-state index contributed by atoms with van der Waals surface area (Å²) in [5.74, 6) is -1.98. The first kappa shape index (κ1) is 22.0. The number of halogens is 2. The number of esters is 1. The molecule has 1 unspecified atom stereocenters. The Morgan fingerprint density at radius 1 is 1.25 bits per heavy atom. The predicted molar refractivity (Wildman–Crippen MR) is 104 cm³/mol. The van der Waals surface area contributed by atoms with Gasteiger partial charge in [0.2, 0.25) is 0 Å². The molecule has 0 aliphatic carbocycles. The third-order valence-electron chi connectivity index (χ3n) is 4.61. The van der Waals surface area contributed by atoms with Crippen molar-refractivity contribution in [2.45, 2.75) is 45.3 Å². The number of nitrogens with zero attached hydrogens (tertiary/aromatic N) is 1. The van der Waals surface area contributed by atoms with Crippen LogP contribution in [0.15, 0.2) is 18.2 Å². The Labute approximate surface area is 172 Å². The molecule has 1 aromatic rings. The predicted octanol–water partition coefficient (Wildman–Crippen LogP) is 2.97. The van der Waals surface area contributed by atoms with Gasteiger partial charge in [0, 0.05) is 5.02 Å². The Hall–Kier alpha value is -2.32. The third-order valence-corrected chi connectivity index (χ3v) is 5.15. The molecule has 1 fully saturated rings. The number of carbonyl (C=O) groups excluding carboxylic acids is 4. The van der Waals surface area contributed by atoms with E-state index in [4.69, 9.17) is 27.9 Å². The van der Waals surface area contributed by atoms with Crippen molar-refractivity contribution in [3.8, 4) is 0 Å². The first-order valence-corrected chi connectivity index (χ1v) is 9.48. The van der Waals surface area contributed by atoms with E-state index in [-0.39, 0.29) is 5.02 Å². The quantitative estimate of drug-likeness (QED) is 0.511. The molecule has 1 aromatic carbocycles. The van der Waals surface area contributed by atoms with Crippen LogP contribution in [0, 0.1) is 0 Å². The van der Waals surface area contributed by atoms with E-state index in [0.717, 1.165) is 4.90 Å². The van der Waals surface area contributed by atoms with Gasteiger partial charge in [-0.1, -0.05) is 37.0 Å². The van der Waals surface area contributed by atoms with Gasteiger partial charge >= 0.3 is 12.0 Å². The molecule has 1 saturated heterocycles. The lowest BCUT2D eigenvalue weighted by Gasteiger charge is -2.23. The largest absolute Gasteiger partial charge is 0.451 e. The second-order valence-corrected chi connectivity index (χ2v) is 7.20. The number of rotatable bonds is 7. The molecule has 1 aliphatic rings. The molecule has 10 heteroatoms. The Balaban J connectivity index is 1.96. The molecule has 1 heterocycles. The van der Waals surface area contributed by atoms with Crippen LogP contribution in [0.2, 0.25) is 10.0 Å². The first-order valence-electron chi connectivity index (χ1n) is 8.73. The highest BCUT2D eigenvalue weighted by Crippen LogP contribution is 2.26. The van der Waals surface area contributed by atoms with E-state index in [9.17, 15) is 19.2 Å². The zero-order valence-corrected chi connectivity index (χ0v) is 17.2. The molecule has 2 rings (SSSR count). The van der Waals surface area contributed by atoms with Gasteiger partial charge in [-0.2, -0.15) is 0 Å². The maximum Gasteiger partial charge on any atom is 0.327 e. The van der Waals surface area contributed by atoms with Crippen LogP contribution >= 0.6 is 23.2 Å². The van der Waals surface area contributed by atoms with Gasteiger partial charge in [-0.05, 0) is 38.0 Å². The van der Waals surface area contributed by atoms with E-state index in [1.807, 2.05) is 0 Å². The van der Waals surface area contributed by atoms with Crippen molar-refractivity contribution >= 4 is 52.7 Å². The van der Waals surface area contributed by atoms with Gasteiger partial charge in [0.25, 0.3) is 11.8 Å². The van der Waals surface area contributed by atoms with Gasteiger partial charge in [-0.15, -0.1) is 0 Å². The van der Waals surface area contributed by atoms with Crippen LogP contribution in [-0.2, 0) is 19.1 Å². The zero-order valence-electron chi connectivity index (χ0n) is 15.7. The molecule has 8 nitrogen and oxygen atoms in total. The average Bonchev–Trinajstić information content (AvgIpc) is 2.88. The number of amides is 4. The smallest absolute Gasteiger partial charge is 0.327 e. The minimum Gasteiger partial charge on any atom is -0.451 e. The standard InChI is InChI=1S/C18H21Cl2N3O5/c1-4-18(5-2)16(26)23(17(27)22-18)9-14(24)28-10(3)15(25)21-13-7-6-11(19)8-12(13)20/h6-8,10H,4-5,9H2,1-3H3,(H,21,25)(H,22,27). The maximum absolute atomic E-state index is 12.5. The fraction of sp³-hybridized carbons (Fsp3) is 0.444. The van der Waals surface area contributed by atoms with Crippen molar-refractivity contribution < 1.29 is 23.9 Å². The van der Waals surface area contributed by atoms with Crippen LogP contribution in [0.5, 0.6) is 0 Å². The number of imide groups is 1. The summed E-state index contributed by atoms with van der Waals surface area (Å²) in [5.41, 5.74) is -0.699. The van der Waals surface area contributed by atoms with Gasteiger partial charge < -0.3 is 15.4 Å². The number of anilines is 1. The summed E-state index contributed by atoms with van der Waals surface area (Å²) in [5, 5.41) is 5.77. The number of urea groups is 1. The molecule has 4 amide bonds. The number of ether oxygens (including phenoxy) is 1. The van der Waals surface area contributed by atoms with Gasteiger partial charge in [0.05, 0.1) is 10.7 Å². The monoisotopic (exact) mass is 429 g/mol. The highest BCUT2D eigenvalue weighted by atomic mass is 35.5. The molecular formula is C18H21Cl2N3O5. The summed E-state index contributed by atoms with van der Waals surface area (Å²) in [6.07, 6.45) is -0.359. The number of benzene rings is 1. The molecule has 0 radical (unpaired) electrons. The fourth-order valence-electron chi connectivity index (χ4n) is 2.79. The third kappa shape index (κ3) is 4.56. The summed E-state index contributed by atoms with van der Waals surface area (Å²) in [6, 6.07) is 3.86.